The van der Waals surface area contributed by atoms with Crippen LogP contribution in [0, 0.1) is 0 Å². The Labute approximate surface area is 198 Å². The third-order valence-electron chi connectivity index (χ3n) is 7.29. The summed E-state index contributed by atoms with van der Waals surface area (Å²) < 4.78 is 6.01. The van der Waals surface area contributed by atoms with E-state index in [2.05, 4.69) is 4.90 Å². The van der Waals surface area contributed by atoms with Gasteiger partial charge in [0.2, 0.25) is 0 Å². The summed E-state index contributed by atoms with van der Waals surface area (Å²) in [5.74, 6) is 2.48. The van der Waals surface area contributed by atoms with Gasteiger partial charge in [-0.2, -0.15) is 0 Å². The van der Waals surface area contributed by atoms with Crippen molar-refractivity contribution >= 4 is 11.8 Å². The molecule has 4 heterocycles. The zero-order valence-electron chi connectivity index (χ0n) is 19.2. The first kappa shape index (κ1) is 21.2. The van der Waals surface area contributed by atoms with Crippen molar-refractivity contribution in [2.75, 3.05) is 6.54 Å². The van der Waals surface area contributed by atoms with Gasteiger partial charge in [0, 0.05) is 42.9 Å². The van der Waals surface area contributed by atoms with Crippen LogP contribution in [0.15, 0.2) is 47.0 Å². The number of benzene rings is 1. The molecule has 2 aliphatic heterocycles. The number of amides is 2. The van der Waals surface area contributed by atoms with Crippen LogP contribution in [0.1, 0.15) is 87.3 Å². The van der Waals surface area contributed by atoms with Crippen molar-refractivity contribution in [1.82, 2.24) is 19.8 Å². The number of imide groups is 1. The Balaban J connectivity index is 1.09. The van der Waals surface area contributed by atoms with E-state index >= 15 is 0 Å². The summed E-state index contributed by atoms with van der Waals surface area (Å²) in [6.45, 7) is 2.54. The molecule has 2 aromatic heterocycles. The molecule has 0 bridgehead atoms. The van der Waals surface area contributed by atoms with Crippen molar-refractivity contribution in [3.05, 3.63) is 82.3 Å². The predicted molar refractivity (Wildman–Crippen MR) is 125 cm³/mol. The molecule has 174 valence electrons. The van der Waals surface area contributed by atoms with Crippen molar-refractivity contribution in [3.63, 3.8) is 0 Å². The molecule has 0 radical (unpaired) electrons. The predicted octanol–water partition coefficient (Wildman–Crippen LogP) is 4.47. The number of furan rings is 1. The van der Waals surface area contributed by atoms with E-state index in [1.807, 2.05) is 18.3 Å². The molecule has 7 nitrogen and oxygen atoms in total. The molecule has 2 amide bonds. The number of carbonyl (C=O) groups is 2. The fourth-order valence-corrected chi connectivity index (χ4v) is 5.43. The van der Waals surface area contributed by atoms with Crippen molar-refractivity contribution in [2.45, 2.75) is 64.1 Å². The van der Waals surface area contributed by atoms with Crippen molar-refractivity contribution in [2.24, 2.45) is 0 Å². The quantitative estimate of drug-likeness (QED) is 0.527. The summed E-state index contributed by atoms with van der Waals surface area (Å²) in [4.78, 5) is 38.5. The lowest BCUT2D eigenvalue weighted by atomic mass is 9.88. The highest BCUT2D eigenvalue weighted by molar-refractivity contribution is 6.21. The molecular formula is C27H28N4O3. The Morgan fingerprint density at radius 1 is 0.912 bits per heavy atom. The molecule has 0 unspecified atom stereocenters. The molecular weight excluding hydrogens is 428 g/mol. The van der Waals surface area contributed by atoms with Gasteiger partial charge in [-0.05, 0) is 37.1 Å². The van der Waals surface area contributed by atoms with E-state index in [0.29, 0.717) is 29.3 Å². The van der Waals surface area contributed by atoms with Crippen LogP contribution in [0.4, 0.5) is 0 Å². The molecule has 34 heavy (non-hydrogen) atoms. The van der Waals surface area contributed by atoms with E-state index < -0.39 is 0 Å². The van der Waals surface area contributed by atoms with Crippen LogP contribution in [0.3, 0.4) is 0 Å². The third-order valence-corrected chi connectivity index (χ3v) is 7.29. The summed E-state index contributed by atoms with van der Waals surface area (Å²) in [5, 5.41) is 0. The fraction of sp³-hybridized carbons (Fsp3) is 0.407. The van der Waals surface area contributed by atoms with E-state index in [-0.39, 0.29) is 18.4 Å². The van der Waals surface area contributed by atoms with Gasteiger partial charge in [0.05, 0.1) is 24.2 Å². The van der Waals surface area contributed by atoms with Crippen LogP contribution in [0.2, 0.25) is 0 Å². The number of carbonyl (C=O) groups excluding carboxylic acids is 2. The topological polar surface area (TPSA) is 79.5 Å². The molecule has 3 aromatic rings. The minimum absolute atomic E-state index is 0.146. The van der Waals surface area contributed by atoms with Crippen LogP contribution in [0.25, 0.3) is 0 Å². The van der Waals surface area contributed by atoms with E-state index in [1.165, 1.54) is 48.3 Å². The SMILES string of the molecule is O=C1c2ccccc2C(=O)N1Cc1ccc(CN2CCc3nc(C4CCCCC4)ncc3C2)o1. The van der Waals surface area contributed by atoms with Crippen molar-refractivity contribution in [3.8, 4) is 0 Å². The first-order valence-corrected chi connectivity index (χ1v) is 12.3. The first-order valence-electron chi connectivity index (χ1n) is 12.3. The molecule has 0 saturated heterocycles. The lowest BCUT2D eigenvalue weighted by molar-refractivity contribution is 0.0630. The average molecular weight is 457 g/mol. The second kappa shape index (κ2) is 8.80. The Morgan fingerprint density at radius 3 is 2.35 bits per heavy atom. The standard InChI is InChI=1S/C27H28N4O3/c32-26-22-8-4-5-9-23(22)27(33)31(26)17-21-11-10-20(34-21)16-30-13-12-24-19(15-30)14-28-25(29-24)18-6-2-1-3-7-18/h4-5,8-11,14,18H,1-3,6-7,12-13,15-17H2. The Morgan fingerprint density at radius 2 is 1.62 bits per heavy atom. The van der Waals surface area contributed by atoms with Gasteiger partial charge in [-0.15, -0.1) is 0 Å². The summed E-state index contributed by atoms with van der Waals surface area (Å²) in [6, 6.07) is 10.7. The first-order chi connectivity index (χ1) is 16.7. The van der Waals surface area contributed by atoms with Gasteiger partial charge in [0.15, 0.2) is 0 Å². The third kappa shape index (κ3) is 3.94. The van der Waals surface area contributed by atoms with Gasteiger partial charge in [-0.1, -0.05) is 31.4 Å². The summed E-state index contributed by atoms with van der Waals surface area (Å²) in [5.41, 5.74) is 3.31. The Bertz CT molecular complexity index is 1210. The minimum Gasteiger partial charge on any atom is -0.463 e. The van der Waals surface area contributed by atoms with Gasteiger partial charge in [-0.3, -0.25) is 19.4 Å². The summed E-state index contributed by atoms with van der Waals surface area (Å²) >= 11 is 0. The maximum Gasteiger partial charge on any atom is 0.261 e. The molecule has 3 aliphatic rings. The monoisotopic (exact) mass is 456 g/mol. The molecule has 0 atom stereocenters. The summed E-state index contributed by atoms with van der Waals surface area (Å²) in [6.07, 6.45) is 9.28. The number of hydrogen-bond acceptors (Lipinski definition) is 6. The lowest BCUT2D eigenvalue weighted by Gasteiger charge is -2.28. The van der Waals surface area contributed by atoms with Gasteiger partial charge < -0.3 is 4.42 Å². The Kier molecular flexibility index (Phi) is 5.49. The molecule has 6 rings (SSSR count). The zero-order valence-corrected chi connectivity index (χ0v) is 19.2. The second-order valence-corrected chi connectivity index (χ2v) is 9.61. The largest absolute Gasteiger partial charge is 0.463 e. The van der Waals surface area contributed by atoms with Gasteiger partial charge in [-0.25, -0.2) is 9.97 Å². The maximum atomic E-state index is 12.6. The molecule has 0 spiro atoms. The van der Waals surface area contributed by atoms with Gasteiger partial charge >= 0.3 is 0 Å². The highest BCUT2D eigenvalue weighted by Crippen LogP contribution is 2.31. The molecule has 1 aromatic carbocycles. The highest BCUT2D eigenvalue weighted by Gasteiger charge is 2.35. The Hall–Kier alpha value is -3.32. The second-order valence-electron chi connectivity index (χ2n) is 9.61. The van der Waals surface area contributed by atoms with Crippen LogP contribution < -0.4 is 0 Å². The minimum atomic E-state index is -0.265. The highest BCUT2D eigenvalue weighted by atomic mass is 16.3. The molecule has 1 aliphatic carbocycles. The van der Waals surface area contributed by atoms with Gasteiger partial charge in [0.1, 0.15) is 17.3 Å². The molecule has 1 saturated carbocycles. The van der Waals surface area contributed by atoms with Crippen molar-refractivity contribution in [1.29, 1.82) is 0 Å². The van der Waals surface area contributed by atoms with E-state index in [4.69, 9.17) is 14.4 Å². The normalized spacial score (nSPS) is 18.9. The molecule has 0 N–H and O–H groups in total. The number of rotatable bonds is 5. The number of hydrogen-bond donors (Lipinski definition) is 0. The zero-order chi connectivity index (χ0) is 23.1. The smallest absolute Gasteiger partial charge is 0.261 e. The van der Waals surface area contributed by atoms with E-state index in [1.54, 1.807) is 24.3 Å². The van der Waals surface area contributed by atoms with Crippen LogP contribution in [-0.4, -0.2) is 38.1 Å². The molecule has 1 fully saturated rings. The number of fused-ring (bicyclic) bond motifs is 2. The fourth-order valence-electron chi connectivity index (χ4n) is 5.43. The van der Waals surface area contributed by atoms with E-state index in [9.17, 15) is 9.59 Å². The summed E-state index contributed by atoms with van der Waals surface area (Å²) in [7, 11) is 0. The number of nitrogens with zero attached hydrogens (tertiary/aromatic N) is 4. The van der Waals surface area contributed by atoms with Crippen LogP contribution >= 0.6 is 0 Å². The van der Waals surface area contributed by atoms with Gasteiger partial charge in [0.25, 0.3) is 11.8 Å². The van der Waals surface area contributed by atoms with Crippen molar-refractivity contribution < 1.29 is 14.0 Å². The van der Waals surface area contributed by atoms with Crippen LogP contribution in [-0.2, 0) is 26.1 Å². The maximum absolute atomic E-state index is 12.6. The van der Waals surface area contributed by atoms with Crippen LogP contribution in [0.5, 0.6) is 0 Å². The average Bonchev–Trinajstić information content (AvgIpc) is 3.42. The lowest BCUT2D eigenvalue weighted by Crippen LogP contribution is -2.31. The molecule has 7 heteroatoms. The van der Waals surface area contributed by atoms with E-state index in [0.717, 1.165) is 31.1 Å². The number of aromatic nitrogens is 2.